The minimum absolute atomic E-state index is 0.153. The molecule has 0 saturated heterocycles. The molecule has 0 unspecified atom stereocenters. The number of benzene rings is 2. The van der Waals surface area contributed by atoms with Crippen LogP contribution in [0.1, 0.15) is 29.5 Å². The Labute approximate surface area is 148 Å². The lowest BCUT2D eigenvalue weighted by atomic mass is 10.1. The number of rotatable bonds is 5. The summed E-state index contributed by atoms with van der Waals surface area (Å²) in [6.07, 6.45) is 0.953. The highest BCUT2D eigenvalue weighted by atomic mass is 32.2. The molecule has 5 heteroatoms. The number of hydrogen-bond donors (Lipinski definition) is 1. The second-order valence-corrected chi connectivity index (χ2v) is 8.95. The Morgan fingerprint density at radius 1 is 1.08 bits per heavy atom. The number of thiocarbonyl (C=S) groups is 1. The molecule has 1 fully saturated rings. The average Bonchev–Trinajstić information content (AvgIpc) is 3.32. The molecule has 0 aliphatic heterocycles. The van der Waals surface area contributed by atoms with Crippen LogP contribution >= 0.6 is 12.2 Å². The monoisotopic (exact) mass is 359 g/mol. The maximum absolute atomic E-state index is 13.0. The summed E-state index contributed by atoms with van der Waals surface area (Å²) in [5.41, 5.74) is 9.09. The Balaban J connectivity index is 1.96. The third-order valence-corrected chi connectivity index (χ3v) is 7.27. The summed E-state index contributed by atoms with van der Waals surface area (Å²) in [5, 5.41) is -0.565. The molecule has 0 aromatic heterocycles. The van der Waals surface area contributed by atoms with E-state index in [1.807, 2.05) is 43.3 Å². The van der Waals surface area contributed by atoms with Crippen molar-refractivity contribution < 1.29 is 8.42 Å². The average molecular weight is 360 g/mol. The van der Waals surface area contributed by atoms with Crippen LogP contribution in [-0.4, -0.2) is 18.7 Å². The van der Waals surface area contributed by atoms with E-state index in [-0.39, 0.29) is 16.8 Å². The Bertz CT molecular complexity index is 855. The zero-order valence-corrected chi connectivity index (χ0v) is 15.4. The second kappa shape index (κ2) is 6.30. The molecular weight excluding hydrogens is 338 g/mol. The highest BCUT2D eigenvalue weighted by molar-refractivity contribution is 7.92. The van der Waals surface area contributed by atoms with E-state index in [4.69, 9.17) is 18.0 Å². The molecule has 3 rings (SSSR count). The zero-order valence-electron chi connectivity index (χ0n) is 13.8. The van der Waals surface area contributed by atoms with Gasteiger partial charge < -0.3 is 5.73 Å². The first-order chi connectivity index (χ1) is 11.4. The van der Waals surface area contributed by atoms with Crippen molar-refractivity contribution >= 4 is 27.0 Å². The lowest BCUT2D eigenvalue weighted by molar-refractivity contribution is 0.593. The summed E-state index contributed by atoms with van der Waals surface area (Å²) >= 11 is 5.14. The normalized spacial score (nSPS) is 23.0. The van der Waals surface area contributed by atoms with Gasteiger partial charge in [-0.1, -0.05) is 61.1 Å². The van der Waals surface area contributed by atoms with E-state index in [0.717, 1.165) is 17.5 Å². The number of aryl methyl sites for hydroxylation is 2. The van der Waals surface area contributed by atoms with Crippen molar-refractivity contribution in [3.8, 4) is 0 Å². The molecule has 3 nitrogen and oxygen atoms in total. The van der Waals surface area contributed by atoms with E-state index in [9.17, 15) is 8.42 Å². The second-order valence-electron chi connectivity index (χ2n) is 6.37. The molecule has 0 bridgehead atoms. The highest BCUT2D eigenvalue weighted by Gasteiger charge is 2.60. The summed E-state index contributed by atoms with van der Waals surface area (Å²) in [6, 6.07) is 15.0. The fourth-order valence-corrected chi connectivity index (χ4v) is 5.80. The van der Waals surface area contributed by atoms with Gasteiger partial charge in [-0.3, -0.25) is 0 Å². The molecule has 0 radical (unpaired) electrons. The lowest BCUT2D eigenvalue weighted by Gasteiger charge is -2.05. The van der Waals surface area contributed by atoms with E-state index >= 15 is 0 Å². The Morgan fingerprint density at radius 3 is 2.17 bits per heavy atom. The van der Waals surface area contributed by atoms with E-state index in [1.165, 1.54) is 5.56 Å². The summed E-state index contributed by atoms with van der Waals surface area (Å²) < 4.78 is 26.0. The first-order valence-corrected chi connectivity index (χ1v) is 10.0. The molecule has 2 N–H and O–H groups in total. The third-order valence-electron chi connectivity index (χ3n) is 4.76. The molecule has 1 aliphatic rings. The molecule has 1 aliphatic carbocycles. The standard InChI is InChI=1S/C19H21NO2S2/c1-3-13-6-8-14(9-7-13)16-17(19(20)23)18(16)24(21,22)15-10-4-12(2)5-11-15/h4-11,16-18H,3H2,1-2H3,(H2,20,23)/t16-,17+,18+/m1/s1. The van der Waals surface area contributed by atoms with Crippen LogP contribution in [0.5, 0.6) is 0 Å². The molecule has 0 amide bonds. The maximum Gasteiger partial charge on any atom is 0.182 e. The van der Waals surface area contributed by atoms with Crippen LogP contribution in [0.4, 0.5) is 0 Å². The van der Waals surface area contributed by atoms with E-state index < -0.39 is 15.1 Å². The summed E-state index contributed by atoms with van der Waals surface area (Å²) in [4.78, 5) is 0.618. The first-order valence-electron chi connectivity index (χ1n) is 8.05. The predicted molar refractivity (Wildman–Crippen MR) is 101 cm³/mol. The van der Waals surface area contributed by atoms with Gasteiger partial charge in [0.25, 0.3) is 0 Å². The van der Waals surface area contributed by atoms with Crippen LogP contribution in [0.3, 0.4) is 0 Å². The van der Waals surface area contributed by atoms with Gasteiger partial charge in [0.1, 0.15) is 0 Å². The van der Waals surface area contributed by atoms with Crippen molar-refractivity contribution in [1.29, 1.82) is 0 Å². The third kappa shape index (κ3) is 2.98. The van der Waals surface area contributed by atoms with Crippen molar-refractivity contribution in [2.45, 2.75) is 36.3 Å². The van der Waals surface area contributed by atoms with Crippen LogP contribution < -0.4 is 5.73 Å². The number of sulfone groups is 1. The molecule has 2 aromatic rings. The van der Waals surface area contributed by atoms with Crippen molar-refractivity contribution in [2.24, 2.45) is 11.7 Å². The Hall–Kier alpha value is -1.72. The van der Waals surface area contributed by atoms with Gasteiger partial charge in [0.15, 0.2) is 9.84 Å². The van der Waals surface area contributed by atoms with Gasteiger partial charge in [0, 0.05) is 11.8 Å². The molecular formula is C19H21NO2S2. The molecule has 1 saturated carbocycles. The maximum atomic E-state index is 13.0. The van der Waals surface area contributed by atoms with Crippen LogP contribution in [0.25, 0.3) is 0 Å². The van der Waals surface area contributed by atoms with Gasteiger partial charge >= 0.3 is 0 Å². The van der Waals surface area contributed by atoms with E-state index in [2.05, 4.69) is 6.92 Å². The molecule has 126 valence electrons. The van der Waals surface area contributed by atoms with Gasteiger partial charge in [-0.2, -0.15) is 0 Å². The quantitative estimate of drug-likeness (QED) is 0.831. The van der Waals surface area contributed by atoms with Crippen LogP contribution in [0.2, 0.25) is 0 Å². The smallest absolute Gasteiger partial charge is 0.182 e. The van der Waals surface area contributed by atoms with Crippen molar-refractivity contribution in [3.63, 3.8) is 0 Å². The molecule has 3 atom stereocenters. The molecule has 2 aromatic carbocycles. The van der Waals surface area contributed by atoms with Gasteiger partial charge in [-0.05, 0) is 36.6 Å². The van der Waals surface area contributed by atoms with E-state index in [1.54, 1.807) is 12.1 Å². The summed E-state index contributed by atoms with van der Waals surface area (Å²) in [6.45, 7) is 4.03. The minimum Gasteiger partial charge on any atom is -0.393 e. The summed E-state index contributed by atoms with van der Waals surface area (Å²) in [7, 11) is -3.46. The molecule has 24 heavy (non-hydrogen) atoms. The van der Waals surface area contributed by atoms with Crippen LogP contribution in [0, 0.1) is 12.8 Å². The topological polar surface area (TPSA) is 60.2 Å². The van der Waals surface area contributed by atoms with Gasteiger partial charge in [-0.25, -0.2) is 8.42 Å². The van der Waals surface area contributed by atoms with Crippen molar-refractivity contribution in [3.05, 3.63) is 65.2 Å². The van der Waals surface area contributed by atoms with Gasteiger partial charge in [-0.15, -0.1) is 0 Å². The fraction of sp³-hybridized carbons (Fsp3) is 0.316. The first kappa shape index (κ1) is 17.1. The molecule has 0 heterocycles. The molecule has 0 spiro atoms. The highest BCUT2D eigenvalue weighted by Crippen LogP contribution is 2.54. The zero-order chi connectivity index (χ0) is 17.5. The summed E-state index contributed by atoms with van der Waals surface area (Å²) in [5.74, 6) is -0.446. The number of hydrogen-bond acceptors (Lipinski definition) is 3. The lowest BCUT2D eigenvalue weighted by Crippen LogP contribution is -2.17. The van der Waals surface area contributed by atoms with Crippen LogP contribution in [0.15, 0.2) is 53.4 Å². The number of nitrogens with two attached hydrogens (primary N) is 1. The van der Waals surface area contributed by atoms with Crippen molar-refractivity contribution in [2.75, 3.05) is 0 Å². The SMILES string of the molecule is CCc1ccc([C@@H]2[C@H](C(N)=S)[C@H]2S(=O)(=O)c2ccc(C)cc2)cc1. The predicted octanol–water partition coefficient (Wildman–Crippen LogP) is 3.40. The van der Waals surface area contributed by atoms with Gasteiger partial charge in [0.2, 0.25) is 0 Å². The fourth-order valence-electron chi connectivity index (χ4n) is 3.27. The Morgan fingerprint density at radius 2 is 1.67 bits per heavy atom. The largest absolute Gasteiger partial charge is 0.393 e. The van der Waals surface area contributed by atoms with Crippen LogP contribution in [-0.2, 0) is 16.3 Å². The van der Waals surface area contributed by atoms with E-state index in [0.29, 0.717) is 4.90 Å². The van der Waals surface area contributed by atoms with Crippen molar-refractivity contribution in [1.82, 2.24) is 0 Å². The minimum atomic E-state index is -3.46. The van der Waals surface area contributed by atoms with Gasteiger partial charge in [0.05, 0.1) is 15.1 Å². The Kier molecular flexibility index (Phi) is 4.49.